The Balaban J connectivity index is 1.69. The number of hydrogen-bond donors (Lipinski definition) is 1. The third-order valence-corrected chi connectivity index (χ3v) is 7.39. The molecule has 0 spiro atoms. The SMILES string of the molecule is CCOC(=O)C1CCN([C@H](c2ccc(Cl)c(Cl)c2)c2sc3nc(CC)nn3c2O)CC1. The minimum absolute atomic E-state index is 0.0794. The first-order valence-electron chi connectivity index (χ1n) is 10.4. The highest BCUT2D eigenvalue weighted by molar-refractivity contribution is 7.17. The summed E-state index contributed by atoms with van der Waals surface area (Å²) >= 11 is 13.9. The number of thiazole rings is 1. The average molecular weight is 483 g/mol. The maximum Gasteiger partial charge on any atom is 0.309 e. The molecule has 1 saturated heterocycles. The highest BCUT2D eigenvalue weighted by Crippen LogP contribution is 2.42. The number of esters is 1. The lowest BCUT2D eigenvalue weighted by Gasteiger charge is -2.36. The number of piperidine rings is 1. The molecule has 7 nitrogen and oxygen atoms in total. The Morgan fingerprint density at radius 3 is 2.65 bits per heavy atom. The molecular weight excluding hydrogens is 459 g/mol. The number of halogens is 2. The van der Waals surface area contributed by atoms with Crippen molar-refractivity contribution in [2.75, 3.05) is 19.7 Å². The van der Waals surface area contributed by atoms with Crippen molar-refractivity contribution < 1.29 is 14.6 Å². The fourth-order valence-corrected chi connectivity index (χ4v) is 5.43. The Morgan fingerprint density at radius 1 is 1.29 bits per heavy atom. The van der Waals surface area contributed by atoms with Crippen molar-refractivity contribution in [2.24, 2.45) is 5.92 Å². The van der Waals surface area contributed by atoms with E-state index in [2.05, 4.69) is 15.0 Å². The molecule has 0 unspecified atom stereocenters. The van der Waals surface area contributed by atoms with Crippen LogP contribution in [0.15, 0.2) is 18.2 Å². The first-order chi connectivity index (χ1) is 14.9. The molecule has 1 aliphatic rings. The quantitative estimate of drug-likeness (QED) is 0.511. The highest BCUT2D eigenvalue weighted by Gasteiger charge is 2.34. The Labute approximate surface area is 194 Å². The lowest BCUT2D eigenvalue weighted by molar-refractivity contribution is -0.149. The summed E-state index contributed by atoms with van der Waals surface area (Å²) in [4.78, 5) is 20.3. The van der Waals surface area contributed by atoms with Gasteiger partial charge in [0.1, 0.15) is 0 Å². The molecule has 0 amide bonds. The molecular formula is C21H24Cl2N4O3S. The van der Waals surface area contributed by atoms with E-state index in [9.17, 15) is 9.90 Å². The number of aryl methyl sites for hydroxylation is 1. The zero-order valence-corrected chi connectivity index (χ0v) is 19.7. The molecule has 1 atom stereocenters. The third-order valence-electron chi connectivity index (χ3n) is 5.58. The van der Waals surface area contributed by atoms with Crippen LogP contribution in [0.3, 0.4) is 0 Å². The smallest absolute Gasteiger partial charge is 0.309 e. The summed E-state index contributed by atoms with van der Waals surface area (Å²) < 4.78 is 6.69. The van der Waals surface area contributed by atoms with Gasteiger partial charge < -0.3 is 9.84 Å². The summed E-state index contributed by atoms with van der Waals surface area (Å²) in [6.45, 7) is 5.55. The van der Waals surface area contributed by atoms with Crippen LogP contribution in [0.5, 0.6) is 5.88 Å². The minimum Gasteiger partial charge on any atom is -0.492 e. The molecule has 2 aromatic heterocycles. The first kappa shape index (κ1) is 22.3. The minimum atomic E-state index is -0.253. The number of benzene rings is 1. The molecule has 4 rings (SSSR count). The normalized spacial score (nSPS) is 16.6. The van der Waals surface area contributed by atoms with Gasteiger partial charge in [0.2, 0.25) is 10.8 Å². The molecule has 0 bridgehead atoms. The van der Waals surface area contributed by atoms with Gasteiger partial charge in [0, 0.05) is 6.42 Å². The van der Waals surface area contributed by atoms with Crippen molar-refractivity contribution in [3.05, 3.63) is 44.5 Å². The average Bonchev–Trinajstić information content (AvgIpc) is 3.31. The van der Waals surface area contributed by atoms with Crippen LogP contribution in [0, 0.1) is 5.92 Å². The Morgan fingerprint density at radius 2 is 2.03 bits per heavy atom. The summed E-state index contributed by atoms with van der Waals surface area (Å²) in [5.74, 6) is 0.529. The molecule has 0 saturated carbocycles. The number of rotatable bonds is 6. The first-order valence-corrected chi connectivity index (χ1v) is 11.9. The molecule has 0 radical (unpaired) electrons. The van der Waals surface area contributed by atoms with Gasteiger partial charge in [-0.1, -0.05) is 47.5 Å². The molecule has 1 fully saturated rings. The van der Waals surface area contributed by atoms with E-state index in [0.29, 0.717) is 59.8 Å². The molecule has 1 aromatic carbocycles. The summed E-state index contributed by atoms with van der Waals surface area (Å²) in [6.07, 6.45) is 2.08. The zero-order valence-electron chi connectivity index (χ0n) is 17.3. The fraction of sp³-hybridized carbons (Fsp3) is 0.476. The van der Waals surface area contributed by atoms with Crippen molar-refractivity contribution in [3.63, 3.8) is 0 Å². The van der Waals surface area contributed by atoms with E-state index in [1.54, 1.807) is 6.07 Å². The van der Waals surface area contributed by atoms with E-state index >= 15 is 0 Å². The number of carbonyl (C=O) groups is 1. The van der Waals surface area contributed by atoms with E-state index in [-0.39, 0.29) is 23.8 Å². The van der Waals surface area contributed by atoms with Gasteiger partial charge in [-0.3, -0.25) is 9.69 Å². The second-order valence-electron chi connectivity index (χ2n) is 7.50. The summed E-state index contributed by atoms with van der Waals surface area (Å²) in [6, 6.07) is 5.26. The lowest BCUT2D eigenvalue weighted by Crippen LogP contribution is -2.39. The molecule has 1 aliphatic heterocycles. The molecule has 31 heavy (non-hydrogen) atoms. The van der Waals surface area contributed by atoms with Crippen LogP contribution in [0.25, 0.3) is 4.96 Å². The number of aromatic nitrogens is 3. The third kappa shape index (κ3) is 4.39. The van der Waals surface area contributed by atoms with Crippen LogP contribution in [0.2, 0.25) is 10.0 Å². The standard InChI is InChI=1S/C21H24Cl2N4O3S/c1-3-16-24-21-27(25-16)19(28)18(31-21)17(13-5-6-14(22)15(23)11-13)26-9-7-12(8-10-26)20(29)30-4-2/h5-6,11-12,17,28H,3-4,7-10H2,1-2H3/t17-/m1/s1. The van der Waals surface area contributed by atoms with Gasteiger partial charge in [0.05, 0.1) is 33.5 Å². The van der Waals surface area contributed by atoms with E-state index < -0.39 is 0 Å². The van der Waals surface area contributed by atoms with E-state index in [1.807, 2.05) is 26.0 Å². The van der Waals surface area contributed by atoms with Crippen LogP contribution >= 0.6 is 34.5 Å². The van der Waals surface area contributed by atoms with Gasteiger partial charge in [-0.25, -0.2) is 4.98 Å². The van der Waals surface area contributed by atoms with Gasteiger partial charge in [0.15, 0.2) is 5.82 Å². The Hall–Kier alpha value is -1.87. The number of likely N-dealkylation sites (tertiary alicyclic amines) is 1. The van der Waals surface area contributed by atoms with E-state index in [4.69, 9.17) is 27.9 Å². The van der Waals surface area contributed by atoms with Crippen LogP contribution in [0.1, 0.15) is 49.0 Å². The summed E-state index contributed by atoms with van der Waals surface area (Å²) in [5, 5.41) is 16.3. The number of carbonyl (C=O) groups excluding carboxylic acids is 1. The van der Waals surface area contributed by atoms with Gasteiger partial charge in [-0.05, 0) is 50.6 Å². The highest BCUT2D eigenvalue weighted by atomic mass is 35.5. The molecule has 10 heteroatoms. The second kappa shape index (κ2) is 9.32. The molecule has 166 valence electrons. The van der Waals surface area contributed by atoms with Crippen molar-refractivity contribution in [1.29, 1.82) is 0 Å². The van der Waals surface area contributed by atoms with E-state index in [0.717, 1.165) is 10.4 Å². The molecule has 3 heterocycles. The predicted molar refractivity (Wildman–Crippen MR) is 121 cm³/mol. The molecule has 1 N–H and O–H groups in total. The van der Waals surface area contributed by atoms with Crippen LogP contribution in [0.4, 0.5) is 0 Å². The largest absolute Gasteiger partial charge is 0.492 e. The number of hydrogen-bond acceptors (Lipinski definition) is 7. The van der Waals surface area contributed by atoms with Gasteiger partial charge >= 0.3 is 5.97 Å². The topological polar surface area (TPSA) is 80.0 Å². The number of nitrogens with zero attached hydrogens (tertiary/aromatic N) is 4. The van der Waals surface area contributed by atoms with E-state index in [1.165, 1.54) is 15.9 Å². The van der Waals surface area contributed by atoms with Crippen molar-refractivity contribution >= 4 is 45.5 Å². The zero-order chi connectivity index (χ0) is 22.1. The number of aromatic hydroxyl groups is 1. The summed E-state index contributed by atoms with van der Waals surface area (Å²) in [7, 11) is 0. The van der Waals surface area contributed by atoms with Crippen LogP contribution in [-0.2, 0) is 16.0 Å². The second-order valence-corrected chi connectivity index (χ2v) is 9.33. The molecule has 0 aliphatic carbocycles. The number of ether oxygens (including phenoxy) is 1. The monoisotopic (exact) mass is 482 g/mol. The predicted octanol–water partition coefficient (Wildman–Crippen LogP) is 4.73. The van der Waals surface area contributed by atoms with Crippen molar-refractivity contribution in [2.45, 2.75) is 39.2 Å². The maximum absolute atomic E-state index is 12.2. The number of fused-ring (bicyclic) bond motifs is 1. The molecule has 3 aromatic rings. The van der Waals surface area contributed by atoms with Gasteiger partial charge in [-0.15, -0.1) is 5.10 Å². The Kier molecular flexibility index (Phi) is 6.71. The van der Waals surface area contributed by atoms with Crippen LogP contribution in [-0.4, -0.2) is 50.3 Å². The maximum atomic E-state index is 12.2. The van der Waals surface area contributed by atoms with Gasteiger partial charge in [-0.2, -0.15) is 4.52 Å². The Bertz CT molecular complexity index is 1090. The fourth-order valence-electron chi connectivity index (χ4n) is 3.98. The van der Waals surface area contributed by atoms with Crippen molar-refractivity contribution in [3.8, 4) is 5.88 Å². The lowest BCUT2D eigenvalue weighted by atomic mass is 9.93. The summed E-state index contributed by atoms with van der Waals surface area (Å²) in [5.41, 5.74) is 0.916. The van der Waals surface area contributed by atoms with Gasteiger partial charge in [0.25, 0.3) is 0 Å². The van der Waals surface area contributed by atoms with Crippen LogP contribution < -0.4 is 0 Å². The van der Waals surface area contributed by atoms with Crippen molar-refractivity contribution in [1.82, 2.24) is 19.5 Å².